The van der Waals surface area contributed by atoms with Crippen LogP contribution in [0.3, 0.4) is 0 Å². The molecule has 1 aromatic heterocycles. The third-order valence-electron chi connectivity index (χ3n) is 7.43. The Hall–Kier alpha value is -4.43. The van der Waals surface area contributed by atoms with Crippen LogP contribution in [-0.2, 0) is 23.3 Å². The number of hydrogen-bond acceptors (Lipinski definition) is 4. The zero-order valence-corrected chi connectivity index (χ0v) is 19.6. The van der Waals surface area contributed by atoms with E-state index in [1.165, 1.54) is 4.90 Å². The van der Waals surface area contributed by atoms with Crippen molar-refractivity contribution >= 4 is 28.7 Å². The van der Waals surface area contributed by atoms with E-state index in [0.29, 0.717) is 25.2 Å². The number of fused-ring (bicyclic) bond motifs is 6. The van der Waals surface area contributed by atoms with Gasteiger partial charge in [-0.1, -0.05) is 60.7 Å². The second kappa shape index (κ2) is 8.07. The lowest BCUT2D eigenvalue weighted by atomic mass is 9.69. The minimum atomic E-state index is -1.01. The highest BCUT2D eigenvalue weighted by atomic mass is 16.5. The first-order valence-electron chi connectivity index (χ1n) is 11.7. The molecule has 180 valence electrons. The quantitative estimate of drug-likeness (QED) is 0.345. The van der Waals surface area contributed by atoms with Crippen LogP contribution in [0.2, 0.25) is 0 Å². The van der Waals surface area contributed by atoms with E-state index < -0.39 is 11.3 Å². The summed E-state index contributed by atoms with van der Waals surface area (Å²) < 4.78 is 2.17. The zero-order valence-electron chi connectivity index (χ0n) is 19.6. The fourth-order valence-electron chi connectivity index (χ4n) is 5.77. The molecule has 0 saturated carbocycles. The molecule has 3 aromatic carbocycles. The lowest BCUT2D eigenvalue weighted by Crippen LogP contribution is -2.65. The highest BCUT2D eigenvalue weighted by molar-refractivity contribution is 6.08. The molecule has 6 rings (SSSR count). The Kier molecular flexibility index (Phi) is 4.94. The standard InChI is InChI=1S/C28H24N4O4/c1-30-26(34)28(20-7-3-2-4-8-20)17-31(27(30)35)16-23-24(28)21-9-5-6-10-22(21)32(23)15-18-11-13-19(14-12-18)25(33)29-36/h2-14,36H,15-17H2,1H3,(H,29,33). The van der Waals surface area contributed by atoms with Crippen LogP contribution in [0, 0.1) is 0 Å². The second-order valence-electron chi connectivity index (χ2n) is 9.34. The number of carbonyl (C=O) groups excluding carboxylic acids is 3. The average Bonchev–Trinajstić information content (AvgIpc) is 3.24. The van der Waals surface area contributed by atoms with Gasteiger partial charge in [0.25, 0.3) is 5.91 Å². The molecule has 1 fully saturated rings. The molecule has 1 saturated heterocycles. The van der Waals surface area contributed by atoms with E-state index in [-0.39, 0.29) is 11.9 Å². The average molecular weight is 481 g/mol. The Balaban J connectivity index is 1.58. The van der Waals surface area contributed by atoms with Gasteiger partial charge in [-0.2, -0.15) is 0 Å². The molecule has 4 amide bonds. The van der Waals surface area contributed by atoms with Crippen molar-refractivity contribution in [3.63, 3.8) is 0 Å². The monoisotopic (exact) mass is 480 g/mol. The molecular weight excluding hydrogens is 456 g/mol. The van der Waals surface area contributed by atoms with Crippen molar-refractivity contribution in [1.29, 1.82) is 0 Å². The second-order valence-corrected chi connectivity index (χ2v) is 9.34. The van der Waals surface area contributed by atoms with E-state index in [2.05, 4.69) is 4.57 Å². The van der Waals surface area contributed by atoms with Gasteiger partial charge in [-0.15, -0.1) is 0 Å². The van der Waals surface area contributed by atoms with E-state index in [1.807, 2.05) is 66.7 Å². The third-order valence-corrected chi connectivity index (χ3v) is 7.43. The fraction of sp³-hybridized carbons (Fsp3) is 0.179. The number of imide groups is 1. The van der Waals surface area contributed by atoms with Crippen LogP contribution in [0.1, 0.15) is 32.7 Å². The summed E-state index contributed by atoms with van der Waals surface area (Å²) >= 11 is 0. The minimum absolute atomic E-state index is 0.224. The van der Waals surface area contributed by atoms with Gasteiger partial charge in [0.05, 0.1) is 6.54 Å². The number of nitrogens with one attached hydrogen (secondary N) is 1. The van der Waals surface area contributed by atoms with Crippen LogP contribution in [0.5, 0.6) is 0 Å². The van der Waals surface area contributed by atoms with Crippen molar-refractivity contribution in [2.24, 2.45) is 0 Å². The first-order valence-corrected chi connectivity index (χ1v) is 11.7. The van der Waals surface area contributed by atoms with Gasteiger partial charge in [0.2, 0.25) is 5.91 Å². The maximum absolute atomic E-state index is 14.0. The number of hydroxylamine groups is 1. The summed E-state index contributed by atoms with van der Waals surface area (Å²) in [6, 6.07) is 24.4. The number of rotatable bonds is 4. The van der Waals surface area contributed by atoms with Gasteiger partial charge in [-0.05, 0) is 29.3 Å². The Morgan fingerprint density at radius 1 is 0.972 bits per heavy atom. The van der Waals surface area contributed by atoms with Gasteiger partial charge in [0, 0.05) is 47.9 Å². The first-order chi connectivity index (χ1) is 17.5. The summed E-state index contributed by atoms with van der Waals surface area (Å²) in [7, 11) is 1.56. The molecule has 0 radical (unpaired) electrons. The Bertz CT molecular complexity index is 1530. The molecule has 36 heavy (non-hydrogen) atoms. The first kappa shape index (κ1) is 22.1. The van der Waals surface area contributed by atoms with E-state index in [1.54, 1.807) is 29.6 Å². The molecular formula is C28H24N4O4. The van der Waals surface area contributed by atoms with Crippen LogP contribution in [0.4, 0.5) is 4.79 Å². The number of aromatic nitrogens is 1. The van der Waals surface area contributed by atoms with E-state index in [4.69, 9.17) is 5.21 Å². The number of nitrogens with zero attached hydrogens (tertiary/aromatic N) is 3. The molecule has 2 aliphatic heterocycles. The van der Waals surface area contributed by atoms with E-state index in [9.17, 15) is 14.4 Å². The van der Waals surface area contributed by atoms with Crippen molar-refractivity contribution in [2.45, 2.75) is 18.5 Å². The van der Waals surface area contributed by atoms with Crippen molar-refractivity contribution < 1.29 is 19.6 Å². The van der Waals surface area contributed by atoms with Crippen LogP contribution in [0.25, 0.3) is 10.9 Å². The molecule has 2 N–H and O–H groups in total. The Morgan fingerprint density at radius 2 is 1.67 bits per heavy atom. The zero-order chi connectivity index (χ0) is 25.0. The lowest BCUT2D eigenvalue weighted by molar-refractivity contribution is -0.136. The van der Waals surface area contributed by atoms with Crippen molar-refractivity contribution in [2.75, 3.05) is 13.6 Å². The topological polar surface area (TPSA) is 94.9 Å². The fourth-order valence-corrected chi connectivity index (χ4v) is 5.77. The number of urea groups is 1. The van der Waals surface area contributed by atoms with Gasteiger partial charge in [0.15, 0.2) is 0 Å². The van der Waals surface area contributed by atoms with Crippen molar-refractivity contribution in [3.8, 4) is 0 Å². The van der Waals surface area contributed by atoms with E-state index >= 15 is 0 Å². The van der Waals surface area contributed by atoms with Crippen LogP contribution < -0.4 is 5.48 Å². The number of likely N-dealkylation sites (N-methyl/N-ethyl adjacent to an activating group) is 1. The summed E-state index contributed by atoms with van der Waals surface area (Å²) in [4.78, 5) is 41.8. The molecule has 1 atom stereocenters. The highest BCUT2D eigenvalue weighted by Gasteiger charge is 2.56. The summed E-state index contributed by atoms with van der Waals surface area (Å²) in [5.74, 6) is -0.796. The number of benzene rings is 3. The van der Waals surface area contributed by atoms with Gasteiger partial charge in [0.1, 0.15) is 5.41 Å². The summed E-state index contributed by atoms with van der Waals surface area (Å²) in [6.45, 7) is 1.18. The van der Waals surface area contributed by atoms with Crippen LogP contribution >= 0.6 is 0 Å². The van der Waals surface area contributed by atoms with Crippen LogP contribution in [-0.4, -0.2) is 51.0 Å². The lowest BCUT2D eigenvalue weighted by Gasteiger charge is -2.49. The van der Waals surface area contributed by atoms with Gasteiger partial charge >= 0.3 is 6.03 Å². The van der Waals surface area contributed by atoms with Crippen molar-refractivity contribution in [1.82, 2.24) is 19.8 Å². The summed E-state index contributed by atoms with van der Waals surface area (Å²) in [6.07, 6.45) is 0. The minimum Gasteiger partial charge on any atom is -0.338 e. The number of para-hydroxylation sites is 1. The van der Waals surface area contributed by atoms with E-state index in [0.717, 1.165) is 33.3 Å². The van der Waals surface area contributed by atoms with Gasteiger partial charge in [-0.25, -0.2) is 10.3 Å². The summed E-state index contributed by atoms with van der Waals surface area (Å²) in [5, 5.41) is 9.90. The molecule has 0 aliphatic carbocycles. The molecule has 8 heteroatoms. The maximum atomic E-state index is 14.0. The Morgan fingerprint density at radius 3 is 2.39 bits per heavy atom. The number of amides is 4. The largest absolute Gasteiger partial charge is 0.338 e. The van der Waals surface area contributed by atoms with Crippen LogP contribution in [0.15, 0.2) is 78.9 Å². The molecule has 2 bridgehead atoms. The normalized spacial score (nSPS) is 18.9. The molecule has 4 aromatic rings. The third kappa shape index (κ3) is 3.01. The van der Waals surface area contributed by atoms with Gasteiger partial charge < -0.3 is 9.47 Å². The smallest absolute Gasteiger partial charge is 0.326 e. The predicted octanol–water partition coefficient (Wildman–Crippen LogP) is 3.50. The van der Waals surface area contributed by atoms with Gasteiger partial charge in [-0.3, -0.25) is 19.7 Å². The maximum Gasteiger partial charge on any atom is 0.326 e. The van der Waals surface area contributed by atoms with Crippen molar-refractivity contribution in [3.05, 3.63) is 107 Å². The summed E-state index contributed by atoms with van der Waals surface area (Å²) in [5.41, 5.74) is 5.65. The highest BCUT2D eigenvalue weighted by Crippen LogP contribution is 2.48. The number of hydrogen-bond donors (Lipinski definition) is 2. The molecule has 0 spiro atoms. The predicted molar refractivity (Wildman–Crippen MR) is 133 cm³/mol. The molecule has 2 aliphatic rings. The SMILES string of the molecule is CN1C(=O)N2Cc3c(c4ccccc4n3Cc3ccc(C(=O)NO)cc3)C(c3ccccc3)(C2)C1=O. The molecule has 8 nitrogen and oxygen atoms in total. The molecule has 3 heterocycles. The molecule has 1 unspecified atom stereocenters. The number of carbonyl (C=O) groups is 3. The Labute approximate surface area is 207 Å².